The molecule has 0 saturated carbocycles. The van der Waals surface area contributed by atoms with Crippen LogP contribution < -0.4 is 5.73 Å². The maximum atomic E-state index is 8.44. The summed E-state index contributed by atoms with van der Waals surface area (Å²) in [6.07, 6.45) is 1.83. The molecule has 0 aliphatic carbocycles. The minimum atomic E-state index is 0.321. The fraction of sp³-hybridized carbons (Fsp3) is 0.900. The van der Waals surface area contributed by atoms with E-state index in [0.717, 1.165) is 26.2 Å². The first kappa shape index (κ1) is 12.3. The van der Waals surface area contributed by atoms with Crippen molar-refractivity contribution in [3.8, 4) is 0 Å². The van der Waals surface area contributed by atoms with E-state index in [2.05, 4.69) is 28.9 Å². The standard InChI is InChI=1S/C10H22N4O/c1-3-9-8-14(7-6-13(9)2)5-4-10(11)12-15/h9,15H,3-8H2,1-2H3,(H2,11,12). The number of rotatable bonds is 4. The Kier molecular flexibility index (Phi) is 4.84. The quantitative estimate of drug-likeness (QED) is 0.302. The average molecular weight is 214 g/mol. The molecular formula is C10H22N4O. The number of amidine groups is 1. The zero-order valence-electron chi connectivity index (χ0n) is 9.69. The topological polar surface area (TPSA) is 65.1 Å². The van der Waals surface area contributed by atoms with Gasteiger partial charge in [-0.2, -0.15) is 0 Å². The zero-order valence-corrected chi connectivity index (χ0v) is 9.69. The van der Waals surface area contributed by atoms with Crippen LogP contribution in [0.25, 0.3) is 0 Å². The van der Waals surface area contributed by atoms with Crippen molar-refractivity contribution in [1.29, 1.82) is 0 Å². The normalized spacial score (nSPS) is 25.7. The van der Waals surface area contributed by atoms with Gasteiger partial charge in [0.15, 0.2) is 0 Å². The molecule has 0 amide bonds. The van der Waals surface area contributed by atoms with E-state index in [1.54, 1.807) is 0 Å². The monoisotopic (exact) mass is 214 g/mol. The van der Waals surface area contributed by atoms with Crippen molar-refractivity contribution in [2.75, 3.05) is 33.2 Å². The number of likely N-dealkylation sites (N-methyl/N-ethyl adjacent to an activating group) is 1. The summed E-state index contributed by atoms with van der Waals surface area (Å²) < 4.78 is 0. The summed E-state index contributed by atoms with van der Waals surface area (Å²) in [4.78, 5) is 4.78. The van der Waals surface area contributed by atoms with E-state index >= 15 is 0 Å². The van der Waals surface area contributed by atoms with Gasteiger partial charge in [0.25, 0.3) is 0 Å². The fourth-order valence-electron chi connectivity index (χ4n) is 1.98. The minimum absolute atomic E-state index is 0.321. The lowest BCUT2D eigenvalue weighted by atomic mass is 10.1. The average Bonchev–Trinajstić information content (AvgIpc) is 2.27. The van der Waals surface area contributed by atoms with Crippen molar-refractivity contribution in [2.24, 2.45) is 10.9 Å². The predicted octanol–water partition coefficient (Wildman–Crippen LogP) is 0.149. The summed E-state index contributed by atoms with van der Waals surface area (Å²) in [6, 6.07) is 0.644. The minimum Gasteiger partial charge on any atom is -0.409 e. The zero-order chi connectivity index (χ0) is 11.3. The Labute approximate surface area is 91.5 Å². The van der Waals surface area contributed by atoms with Crippen LogP contribution in [-0.2, 0) is 0 Å². The summed E-state index contributed by atoms with van der Waals surface area (Å²) in [7, 11) is 2.18. The third-order valence-corrected chi connectivity index (χ3v) is 3.15. The van der Waals surface area contributed by atoms with Crippen molar-refractivity contribution in [2.45, 2.75) is 25.8 Å². The number of nitrogens with zero attached hydrogens (tertiary/aromatic N) is 3. The molecule has 1 saturated heterocycles. The SMILES string of the molecule is CCC1CN(CCC(N)=NO)CCN1C. The molecule has 0 aromatic carbocycles. The number of hydrogen-bond acceptors (Lipinski definition) is 4. The molecule has 0 spiro atoms. The molecule has 0 aromatic heterocycles. The van der Waals surface area contributed by atoms with Crippen molar-refractivity contribution in [3.05, 3.63) is 0 Å². The van der Waals surface area contributed by atoms with Gasteiger partial charge in [-0.3, -0.25) is 0 Å². The lowest BCUT2D eigenvalue weighted by Gasteiger charge is -2.39. The lowest BCUT2D eigenvalue weighted by Crippen LogP contribution is -2.51. The van der Waals surface area contributed by atoms with Crippen LogP contribution in [0.5, 0.6) is 0 Å². The number of oxime groups is 1. The van der Waals surface area contributed by atoms with Crippen LogP contribution in [0.2, 0.25) is 0 Å². The molecule has 1 heterocycles. The third-order valence-electron chi connectivity index (χ3n) is 3.15. The Hall–Kier alpha value is -0.810. The van der Waals surface area contributed by atoms with E-state index in [1.165, 1.54) is 6.42 Å². The number of piperazine rings is 1. The molecule has 1 fully saturated rings. The van der Waals surface area contributed by atoms with Gasteiger partial charge in [-0.25, -0.2) is 0 Å². The van der Waals surface area contributed by atoms with Crippen molar-refractivity contribution in [1.82, 2.24) is 9.80 Å². The first-order chi connectivity index (χ1) is 7.17. The molecule has 88 valence electrons. The molecule has 0 radical (unpaired) electrons. The summed E-state index contributed by atoms with van der Waals surface area (Å²) in [6.45, 7) is 6.38. The molecule has 1 unspecified atom stereocenters. The highest BCUT2D eigenvalue weighted by atomic mass is 16.4. The molecule has 1 aliphatic rings. The van der Waals surface area contributed by atoms with Gasteiger partial charge in [-0.1, -0.05) is 12.1 Å². The predicted molar refractivity (Wildman–Crippen MR) is 61.2 cm³/mol. The number of hydrogen-bond donors (Lipinski definition) is 2. The van der Waals surface area contributed by atoms with Crippen molar-refractivity contribution < 1.29 is 5.21 Å². The van der Waals surface area contributed by atoms with Crippen molar-refractivity contribution >= 4 is 5.84 Å². The Morgan fingerprint density at radius 2 is 2.27 bits per heavy atom. The second-order valence-corrected chi connectivity index (χ2v) is 4.18. The number of nitrogens with two attached hydrogens (primary N) is 1. The largest absolute Gasteiger partial charge is 0.409 e. The van der Waals surface area contributed by atoms with E-state index in [9.17, 15) is 0 Å². The summed E-state index contributed by atoms with van der Waals surface area (Å²) >= 11 is 0. The first-order valence-corrected chi connectivity index (χ1v) is 5.56. The highest BCUT2D eigenvalue weighted by molar-refractivity contribution is 5.79. The smallest absolute Gasteiger partial charge is 0.140 e. The van der Waals surface area contributed by atoms with Crippen LogP contribution >= 0.6 is 0 Å². The molecule has 5 heteroatoms. The van der Waals surface area contributed by atoms with E-state index in [0.29, 0.717) is 18.3 Å². The first-order valence-electron chi connectivity index (χ1n) is 5.56. The van der Waals surface area contributed by atoms with E-state index < -0.39 is 0 Å². The molecule has 0 bridgehead atoms. The van der Waals surface area contributed by atoms with Gasteiger partial charge in [0.05, 0.1) is 0 Å². The Morgan fingerprint density at radius 3 is 2.87 bits per heavy atom. The van der Waals surface area contributed by atoms with Crippen LogP contribution in [0.4, 0.5) is 0 Å². The molecule has 5 nitrogen and oxygen atoms in total. The lowest BCUT2D eigenvalue weighted by molar-refractivity contribution is 0.0952. The van der Waals surface area contributed by atoms with Gasteiger partial charge in [0, 0.05) is 38.6 Å². The molecule has 0 aromatic rings. The van der Waals surface area contributed by atoms with E-state index in [1.807, 2.05) is 0 Å². The fourth-order valence-corrected chi connectivity index (χ4v) is 1.98. The van der Waals surface area contributed by atoms with Crippen LogP contribution in [0, 0.1) is 0 Å². The summed E-state index contributed by atoms with van der Waals surface area (Å²) in [5.41, 5.74) is 5.45. The molecule has 15 heavy (non-hydrogen) atoms. The Morgan fingerprint density at radius 1 is 1.53 bits per heavy atom. The van der Waals surface area contributed by atoms with Gasteiger partial charge in [0.2, 0.25) is 0 Å². The Balaban J connectivity index is 2.32. The van der Waals surface area contributed by atoms with Gasteiger partial charge in [-0.15, -0.1) is 0 Å². The van der Waals surface area contributed by atoms with Gasteiger partial charge in [0.1, 0.15) is 5.84 Å². The van der Waals surface area contributed by atoms with E-state index in [-0.39, 0.29) is 0 Å². The molecule has 3 N–H and O–H groups in total. The van der Waals surface area contributed by atoms with Crippen LogP contribution in [-0.4, -0.2) is 60.1 Å². The Bertz CT molecular complexity index is 219. The van der Waals surface area contributed by atoms with Gasteiger partial charge in [-0.05, 0) is 13.5 Å². The highest BCUT2D eigenvalue weighted by Crippen LogP contribution is 2.10. The third kappa shape index (κ3) is 3.68. The summed E-state index contributed by atoms with van der Waals surface area (Å²) in [5, 5.41) is 11.4. The highest BCUT2D eigenvalue weighted by Gasteiger charge is 2.22. The second kappa shape index (κ2) is 5.92. The second-order valence-electron chi connectivity index (χ2n) is 4.18. The van der Waals surface area contributed by atoms with Crippen molar-refractivity contribution in [3.63, 3.8) is 0 Å². The molecule has 1 rings (SSSR count). The van der Waals surface area contributed by atoms with Gasteiger partial charge >= 0.3 is 0 Å². The molecular weight excluding hydrogens is 192 g/mol. The van der Waals surface area contributed by atoms with Gasteiger partial charge < -0.3 is 20.7 Å². The van der Waals surface area contributed by atoms with Crippen LogP contribution in [0.15, 0.2) is 5.16 Å². The van der Waals surface area contributed by atoms with E-state index in [4.69, 9.17) is 10.9 Å². The van der Waals surface area contributed by atoms with Crippen LogP contribution in [0.1, 0.15) is 19.8 Å². The summed E-state index contributed by atoms with van der Waals surface area (Å²) in [5.74, 6) is 0.321. The van der Waals surface area contributed by atoms with Crippen LogP contribution in [0.3, 0.4) is 0 Å². The maximum Gasteiger partial charge on any atom is 0.140 e. The molecule has 1 atom stereocenters. The maximum absolute atomic E-state index is 8.44. The molecule has 1 aliphatic heterocycles.